The van der Waals surface area contributed by atoms with Gasteiger partial charge in [0.2, 0.25) is 5.56 Å². The van der Waals surface area contributed by atoms with Crippen LogP contribution in [-0.4, -0.2) is 73.3 Å². The molecule has 4 N–H and O–H groups in total. The third-order valence-electron chi connectivity index (χ3n) is 12.0. The number of benzene rings is 3. The van der Waals surface area contributed by atoms with Gasteiger partial charge in [-0.25, -0.2) is 4.68 Å². The molecule has 0 spiro atoms. The standard InChI is InChI=1S/C42H50N6O5/c49-36-14-11-32(33-12-15-39(51)44-40(33)36)37(50)26-43-25-29-10-13-35-34(24-29)45-46-48(35)20-5-2-7-28-8-6-9-31(23-28)42(18-3-1-4-19-42)41(52)53-38-27-47-21-16-30(38)17-22-47/h6,8-15,23-24,30,37-38,43,49-50H,1-5,7,16-22,25-27H2,(H,44,51)/t37-,38+/m1/s1. The van der Waals surface area contributed by atoms with E-state index < -0.39 is 11.5 Å². The smallest absolute Gasteiger partial charge is 0.316 e. The monoisotopic (exact) mass is 718 g/mol. The molecule has 278 valence electrons. The second kappa shape index (κ2) is 15.4. The number of unbranched alkanes of at least 4 members (excludes halogenated alkanes) is 1. The predicted octanol–water partition coefficient (Wildman–Crippen LogP) is 5.66. The number of aryl methyl sites for hydroxylation is 2. The Morgan fingerprint density at radius 1 is 1.00 bits per heavy atom. The van der Waals surface area contributed by atoms with Crippen molar-refractivity contribution in [1.82, 2.24) is 30.2 Å². The number of pyridine rings is 1. The van der Waals surface area contributed by atoms with E-state index in [1.54, 1.807) is 12.1 Å². The summed E-state index contributed by atoms with van der Waals surface area (Å²) in [6.07, 6.45) is 9.43. The highest BCUT2D eigenvalue weighted by Crippen LogP contribution is 2.42. The summed E-state index contributed by atoms with van der Waals surface area (Å²) in [4.78, 5) is 30.8. The summed E-state index contributed by atoms with van der Waals surface area (Å²) in [6, 6.07) is 21.0. The Morgan fingerprint density at radius 3 is 2.66 bits per heavy atom. The Morgan fingerprint density at radius 2 is 1.85 bits per heavy atom. The molecule has 0 unspecified atom stereocenters. The highest BCUT2D eigenvalue weighted by molar-refractivity contribution is 5.87. The molecule has 11 nitrogen and oxygen atoms in total. The topological polar surface area (TPSA) is 146 Å². The first kappa shape index (κ1) is 35.4. The summed E-state index contributed by atoms with van der Waals surface area (Å²) in [6.45, 7) is 4.76. The molecule has 1 aliphatic carbocycles. The van der Waals surface area contributed by atoms with E-state index in [2.05, 4.69) is 61.9 Å². The van der Waals surface area contributed by atoms with E-state index in [-0.39, 0.29) is 29.9 Å². The third-order valence-corrected chi connectivity index (χ3v) is 12.0. The zero-order valence-corrected chi connectivity index (χ0v) is 30.3. The summed E-state index contributed by atoms with van der Waals surface area (Å²) in [5.41, 5.74) is 5.34. The number of aromatic nitrogens is 4. The fourth-order valence-electron chi connectivity index (χ4n) is 8.98. The van der Waals surface area contributed by atoms with Crippen LogP contribution in [0.5, 0.6) is 5.75 Å². The average molecular weight is 719 g/mol. The van der Waals surface area contributed by atoms with Crippen LogP contribution >= 0.6 is 0 Å². The fourth-order valence-corrected chi connectivity index (χ4v) is 8.98. The molecule has 4 fully saturated rings. The van der Waals surface area contributed by atoms with Gasteiger partial charge in [0.25, 0.3) is 0 Å². The van der Waals surface area contributed by atoms with Gasteiger partial charge < -0.3 is 25.3 Å². The molecule has 2 aromatic heterocycles. The summed E-state index contributed by atoms with van der Waals surface area (Å²) >= 11 is 0. The second-order valence-corrected chi connectivity index (χ2v) is 15.4. The number of ether oxygens (including phenoxy) is 1. The number of H-pyrrole nitrogens is 1. The minimum Gasteiger partial charge on any atom is -0.506 e. The van der Waals surface area contributed by atoms with Crippen molar-refractivity contribution in [2.45, 2.75) is 94.9 Å². The van der Waals surface area contributed by atoms with E-state index in [0.717, 1.165) is 106 Å². The lowest BCUT2D eigenvalue weighted by Crippen LogP contribution is -2.53. The minimum atomic E-state index is -0.833. The fraction of sp³-hybridized carbons (Fsp3) is 0.476. The Labute approximate surface area is 309 Å². The van der Waals surface area contributed by atoms with Crippen molar-refractivity contribution >= 4 is 27.9 Å². The Kier molecular flexibility index (Phi) is 10.3. The van der Waals surface area contributed by atoms with Gasteiger partial charge in [0.1, 0.15) is 17.4 Å². The highest BCUT2D eigenvalue weighted by Gasteiger charge is 2.46. The number of nitrogens with zero attached hydrogens (tertiary/aromatic N) is 4. The first-order chi connectivity index (χ1) is 25.9. The zero-order chi connectivity index (χ0) is 36.4. The number of piperidine rings is 3. The lowest BCUT2D eigenvalue weighted by molar-refractivity contribution is -0.167. The molecule has 0 amide bonds. The molecule has 2 bridgehead atoms. The van der Waals surface area contributed by atoms with Crippen LogP contribution in [0.3, 0.4) is 0 Å². The second-order valence-electron chi connectivity index (χ2n) is 15.4. The van der Waals surface area contributed by atoms with Gasteiger partial charge in [-0.15, -0.1) is 5.10 Å². The molecule has 11 heteroatoms. The van der Waals surface area contributed by atoms with E-state index in [0.29, 0.717) is 28.9 Å². The minimum absolute atomic E-state index is 0.00469. The van der Waals surface area contributed by atoms with Gasteiger partial charge in [0, 0.05) is 37.6 Å². The zero-order valence-electron chi connectivity index (χ0n) is 30.3. The van der Waals surface area contributed by atoms with E-state index in [4.69, 9.17) is 4.74 Å². The van der Waals surface area contributed by atoms with Gasteiger partial charge in [-0.2, -0.15) is 0 Å². The largest absolute Gasteiger partial charge is 0.506 e. The van der Waals surface area contributed by atoms with Gasteiger partial charge in [-0.3, -0.25) is 14.5 Å². The van der Waals surface area contributed by atoms with E-state index in [1.807, 2.05) is 10.7 Å². The van der Waals surface area contributed by atoms with E-state index in [1.165, 1.54) is 24.1 Å². The Balaban J connectivity index is 0.845. The number of phenolic OH excluding ortho intramolecular Hbond substituents is 1. The van der Waals surface area contributed by atoms with Gasteiger partial charge >= 0.3 is 5.97 Å². The van der Waals surface area contributed by atoms with Crippen LogP contribution in [0.25, 0.3) is 21.9 Å². The maximum Gasteiger partial charge on any atom is 0.316 e. The number of aliphatic hydroxyl groups is 1. The number of aromatic hydroxyl groups is 1. The van der Waals surface area contributed by atoms with Crippen molar-refractivity contribution < 1.29 is 19.7 Å². The molecule has 3 aromatic carbocycles. The summed E-state index contributed by atoms with van der Waals surface area (Å²) in [5.74, 6) is 0.485. The normalized spacial score (nSPS) is 21.6. The molecule has 5 heterocycles. The molecule has 5 aromatic rings. The van der Waals surface area contributed by atoms with Crippen LogP contribution in [0.15, 0.2) is 71.5 Å². The molecule has 53 heavy (non-hydrogen) atoms. The number of aromatic amines is 1. The highest BCUT2D eigenvalue weighted by atomic mass is 16.5. The van der Waals surface area contributed by atoms with Crippen LogP contribution < -0.4 is 10.9 Å². The third kappa shape index (κ3) is 7.47. The lowest BCUT2D eigenvalue weighted by Gasteiger charge is -2.45. The van der Waals surface area contributed by atoms with Gasteiger partial charge in [0.05, 0.1) is 22.6 Å². The molecule has 3 saturated heterocycles. The average Bonchev–Trinajstić information content (AvgIpc) is 3.59. The molecule has 2 atom stereocenters. The molecular weight excluding hydrogens is 668 g/mol. The Hall–Kier alpha value is -4.58. The maximum absolute atomic E-state index is 14.0. The van der Waals surface area contributed by atoms with Crippen molar-refractivity contribution in [3.63, 3.8) is 0 Å². The summed E-state index contributed by atoms with van der Waals surface area (Å²) < 4.78 is 8.35. The molecule has 1 saturated carbocycles. The van der Waals surface area contributed by atoms with Crippen molar-refractivity contribution in [1.29, 1.82) is 0 Å². The molecular formula is C42H50N6O5. The van der Waals surface area contributed by atoms with Crippen LogP contribution in [0.2, 0.25) is 0 Å². The van der Waals surface area contributed by atoms with Crippen LogP contribution in [0.4, 0.5) is 0 Å². The van der Waals surface area contributed by atoms with Gasteiger partial charge in [-0.05, 0) is 110 Å². The first-order valence-corrected chi connectivity index (χ1v) is 19.4. The number of fused-ring (bicyclic) bond motifs is 5. The molecule has 4 aliphatic rings. The van der Waals surface area contributed by atoms with Crippen molar-refractivity contribution in [2.24, 2.45) is 5.92 Å². The number of nitrogens with one attached hydrogen (secondary N) is 2. The molecule has 9 rings (SSSR count). The number of carbonyl (C=O) groups is 1. The van der Waals surface area contributed by atoms with Crippen molar-refractivity contribution in [3.05, 3.63) is 99.3 Å². The molecule has 3 aliphatic heterocycles. The van der Waals surface area contributed by atoms with E-state index in [9.17, 15) is 19.8 Å². The predicted molar refractivity (Wildman–Crippen MR) is 204 cm³/mol. The lowest BCUT2D eigenvalue weighted by atomic mass is 9.69. The van der Waals surface area contributed by atoms with Crippen molar-refractivity contribution in [3.8, 4) is 5.75 Å². The summed E-state index contributed by atoms with van der Waals surface area (Å²) in [5, 5.41) is 33.9. The first-order valence-electron chi connectivity index (χ1n) is 19.4. The number of esters is 1. The molecule has 0 radical (unpaired) electrons. The van der Waals surface area contributed by atoms with Crippen LogP contribution in [0.1, 0.15) is 86.1 Å². The van der Waals surface area contributed by atoms with Gasteiger partial charge in [0.15, 0.2) is 0 Å². The van der Waals surface area contributed by atoms with Crippen LogP contribution in [0, 0.1) is 5.92 Å². The number of carbonyl (C=O) groups excluding carboxylic acids is 1. The summed E-state index contributed by atoms with van der Waals surface area (Å²) in [7, 11) is 0. The number of aliphatic hydroxyl groups excluding tert-OH is 1. The SMILES string of the molecule is O=C(O[C@H]1CN2CCC1CC2)C1(c2cccc(CCCCn3nnc4cc(CNC[C@@H](O)c5ccc(O)c6[nH]c(=O)ccc56)ccc43)c2)CCCCC1. The maximum atomic E-state index is 14.0. The number of hydrogen-bond acceptors (Lipinski definition) is 9. The van der Waals surface area contributed by atoms with Crippen molar-refractivity contribution in [2.75, 3.05) is 26.2 Å². The quantitative estimate of drug-likeness (QED) is 0.0895. The van der Waals surface area contributed by atoms with E-state index >= 15 is 0 Å². The number of phenols is 1. The van der Waals surface area contributed by atoms with Gasteiger partial charge in [-0.1, -0.05) is 60.9 Å². The number of hydrogen-bond donors (Lipinski definition) is 4. The van der Waals surface area contributed by atoms with Crippen LogP contribution in [-0.2, 0) is 34.5 Å². The Bertz CT molecular complexity index is 2130. The number of rotatable bonds is 13.